The van der Waals surface area contributed by atoms with Crippen LogP contribution in [0.2, 0.25) is 0 Å². The van der Waals surface area contributed by atoms with Crippen molar-refractivity contribution in [1.82, 2.24) is 5.32 Å². The molecule has 15 heavy (non-hydrogen) atoms. The standard InChI is InChI=1S/C11H22ClNO2/c1-10(2,3)8(6-14)13-9(15)11(4,5)7-12/h8,14H,6-7H2,1-5H3,(H,13,15)/t8-/m1/s1. The van der Waals surface area contributed by atoms with Gasteiger partial charge in [0, 0.05) is 5.88 Å². The maximum atomic E-state index is 11.8. The molecule has 1 amide bonds. The van der Waals surface area contributed by atoms with Gasteiger partial charge in [0.2, 0.25) is 5.91 Å². The minimum absolute atomic E-state index is 0.0619. The van der Waals surface area contributed by atoms with Gasteiger partial charge in [-0.2, -0.15) is 0 Å². The van der Waals surface area contributed by atoms with Gasteiger partial charge in [0.15, 0.2) is 0 Å². The van der Waals surface area contributed by atoms with E-state index in [1.165, 1.54) is 0 Å². The van der Waals surface area contributed by atoms with Crippen molar-refractivity contribution in [3.8, 4) is 0 Å². The molecule has 0 saturated carbocycles. The third kappa shape index (κ3) is 4.39. The van der Waals surface area contributed by atoms with E-state index in [-0.39, 0.29) is 29.9 Å². The number of aliphatic hydroxyl groups is 1. The molecule has 0 radical (unpaired) electrons. The molecule has 0 bridgehead atoms. The lowest BCUT2D eigenvalue weighted by molar-refractivity contribution is -0.130. The van der Waals surface area contributed by atoms with Crippen molar-refractivity contribution >= 4 is 17.5 Å². The molecule has 0 unspecified atom stereocenters. The predicted molar refractivity (Wildman–Crippen MR) is 63.0 cm³/mol. The summed E-state index contributed by atoms with van der Waals surface area (Å²) in [5.74, 6) is 0.146. The average Bonchev–Trinajstić information content (AvgIpc) is 2.11. The third-order valence-electron chi connectivity index (χ3n) is 2.48. The number of nitrogens with one attached hydrogen (secondary N) is 1. The molecule has 0 rings (SSSR count). The second kappa shape index (κ2) is 5.17. The summed E-state index contributed by atoms with van der Waals surface area (Å²) >= 11 is 5.71. The van der Waals surface area contributed by atoms with Crippen molar-refractivity contribution in [3.63, 3.8) is 0 Å². The van der Waals surface area contributed by atoms with Crippen molar-refractivity contribution in [2.75, 3.05) is 12.5 Å². The number of carbonyl (C=O) groups is 1. The van der Waals surface area contributed by atoms with Crippen LogP contribution in [-0.2, 0) is 4.79 Å². The summed E-state index contributed by atoms with van der Waals surface area (Å²) in [6.07, 6.45) is 0. The molecule has 4 heteroatoms. The van der Waals surface area contributed by atoms with Crippen molar-refractivity contribution < 1.29 is 9.90 Å². The highest BCUT2D eigenvalue weighted by atomic mass is 35.5. The first kappa shape index (κ1) is 14.7. The first-order valence-corrected chi connectivity index (χ1v) is 5.66. The van der Waals surface area contributed by atoms with E-state index in [1.54, 1.807) is 13.8 Å². The van der Waals surface area contributed by atoms with E-state index >= 15 is 0 Å². The van der Waals surface area contributed by atoms with Gasteiger partial charge in [0.05, 0.1) is 18.1 Å². The lowest BCUT2D eigenvalue weighted by atomic mass is 9.86. The molecule has 0 aliphatic rings. The van der Waals surface area contributed by atoms with Gasteiger partial charge >= 0.3 is 0 Å². The second-order valence-corrected chi connectivity index (χ2v) is 5.86. The van der Waals surface area contributed by atoms with E-state index in [2.05, 4.69) is 5.32 Å². The van der Waals surface area contributed by atoms with Crippen LogP contribution in [0.15, 0.2) is 0 Å². The van der Waals surface area contributed by atoms with Crippen LogP contribution in [0.1, 0.15) is 34.6 Å². The molecule has 0 saturated heterocycles. The van der Waals surface area contributed by atoms with Gasteiger partial charge in [0.1, 0.15) is 0 Å². The molecule has 0 aliphatic carbocycles. The zero-order valence-electron chi connectivity index (χ0n) is 10.2. The molecule has 0 aliphatic heterocycles. The lowest BCUT2D eigenvalue weighted by Crippen LogP contribution is -2.50. The number of hydrogen-bond acceptors (Lipinski definition) is 2. The number of rotatable bonds is 4. The van der Waals surface area contributed by atoms with Crippen LogP contribution in [-0.4, -0.2) is 29.5 Å². The Bertz CT molecular complexity index is 221. The molecule has 0 heterocycles. The number of hydrogen-bond donors (Lipinski definition) is 2. The summed E-state index contributed by atoms with van der Waals surface area (Å²) in [4.78, 5) is 11.8. The zero-order valence-corrected chi connectivity index (χ0v) is 11.0. The van der Waals surface area contributed by atoms with Gasteiger partial charge in [-0.25, -0.2) is 0 Å². The van der Waals surface area contributed by atoms with Gasteiger partial charge < -0.3 is 10.4 Å². The van der Waals surface area contributed by atoms with Gasteiger partial charge in [-0.1, -0.05) is 20.8 Å². The average molecular weight is 236 g/mol. The Labute approximate surface area is 97.2 Å². The molecule has 90 valence electrons. The molecule has 3 nitrogen and oxygen atoms in total. The van der Waals surface area contributed by atoms with E-state index in [0.29, 0.717) is 0 Å². The molecule has 2 N–H and O–H groups in total. The van der Waals surface area contributed by atoms with Crippen LogP contribution < -0.4 is 5.32 Å². The molecule has 0 spiro atoms. The Morgan fingerprint density at radius 2 is 1.80 bits per heavy atom. The zero-order chi connectivity index (χ0) is 12.3. The summed E-state index contributed by atoms with van der Waals surface area (Å²) in [6.45, 7) is 9.43. The lowest BCUT2D eigenvalue weighted by Gasteiger charge is -2.32. The quantitative estimate of drug-likeness (QED) is 0.730. The fraction of sp³-hybridized carbons (Fsp3) is 0.909. The van der Waals surface area contributed by atoms with Crippen LogP contribution >= 0.6 is 11.6 Å². The molecule has 0 aromatic rings. The molecule has 0 fully saturated rings. The maximum absolute atomic E-state index is 11.8. The Morgan fingerprint density at radius 3 is 2.07 bits per heavy atom. The molecular formula is C11H22ClNO2. The smallest absolute Gasteiger partial charge is 0.227 e. The highest BCUT2D eigenvalue weighted by Gasteiger charge is 2.32. The number of alkyl halides is 1. The second-order valence-electron chi connectivity index (χ2n) is 5.59. The van der Waals surface area contributed by atoms with Crippen LogP contribution in [0.3, 0.4) is 0 Å². The van der Waals surface area contributed by atoms with Crippen molar-refractivity contribution in [3.05, 3.63) is 0 Å². The van der Waals surface area contributed by atoms with E-state index in [4.69, 9.17) is 11.6 Å². The number of aliphatic hydroxyl groups excluding tert-OH is 1. The van der Waals surface area contributed by atoms with Crippen LogP contribution in [0, 0.1) is 10.8 Å². The molecule has 0 aromatic heterocycles. The van der Waals surface area contributed by atoms with Gasteiger partial charge in [-0.15, -0.1) is 11.6 Å². The van der Waals surface area contributed by atoms with Crippen molar-refractivity contribution in [1.29, 1.82) is 0 Å². The Hall–Kier alpha value is -0.280. The van der Waals surface area contributed by atoms with Gasteiger partial charge in [0.25, 0.3) is 0 Å². The first-order chi connectivity index (χ1) is 6.65. The molecule has 1 atom stereocenters. The van der Waals surface area contributed by atoms with E-state index in [1.807, 2.05) is 20.8 Å². The maximum Gasteiger partial charge on any atom is 0.227 e. The number of carbonyl (C=O) groups excluding carboxylic acids is 1. The first-order valence-electron chi connectivity index (χ1n) is 5.13. The summed E-state index contributed by atoms with van der Waals surface area (Å²) in [5.41, 5.74) is -0.757. The molecular weight excluding hydrogens is 214 g/mol. The normalized spacial score (nSPS) is 14.9. The van der Waals surface area contributed by atoms with Crippen LogP contribution in [0.25, 0.3) is 0 Å². The Kier molecular flexibility index (Phi) is 5.07. The minimum Gasteiger partial charge on any atom is -0.394 e. The monoisotopic (exact) mass is 235 g/mol. The van der Waals surface area contributed by atoms with Crippen LogP contribution in [0.4, 0.5) is 0 Å². The van der Waals surface area contributed by atoms with E-state index < -0.39 is 5.41 Å². The Balaban J connectivity index is 4.52. The third-order valence-corrected chi connectivity index (χ3v) is 3.15. The summed E-state index contributed by atoms with van der Waals surface area (Å²) < 4.78 is 0. The van der Waals surface area contributed by atoms with Crippen molar-refractivity contribution in [2.45, 2.75) is 40.7 Å². The number of halogens is 1. The molecule has 0 aromatic carbocycles. The summed E-state index contributed by atoms with van der Waals surface area (Å²) in [5, 5.41) is 12.0. The largest absolute Gasteiger partial charge is 0.394 e. The highest BCUT2D eigenvalue weighted by Crippen LogP contribution is 2.22. The predicted octanol–water partition coefficient (Wildman–Crippen LogP) is 1.77. The van der Waals surface area contributed by atoms with E-state index in [0.717, 1.165) is 0 Å². The SMILES string of the molecule is CC(C)(CCl)C(=O)N[C@H](CO)C(C)(C)C. The van der Waals surface area contributed by atoms with Crippen molar-refractivity contribution in [2.24, 2.45) is 10.8 Å². The fourth-order valence-corrected chi connectivity index (χ4v) is 1.07. The fourth-order valence-electron chi connectivity index (χ4n) is 0.950. The van der Waals surface area contributed by atoms with Crippen LogP contribution in [0.5, 0.6) is 0 Å². The summed E-state index contributed by atoms with van der Waals surface area (Å²) in [7, 11) is 0. The highest BCUT2D eigenvalue weighted by molar-refractivity contribution is 6.19. The van der Waals surface area contributed by atoms with E-state index in [9.17, 15) is 9.90 Å². The summed E-state index contributed by atoms with van der Waals surface area (Å²) in [6, 6.07) is -0.243. The topological polar surface area (TPSA) is 49.3 Å². The minimum atomic E-state index is -0.597. The Morgan fingerprint density at radius 1 is 1.33 bits per heavy atom. The number of amides is 1. The van der Waals surface area contributed by atoms with Gasteiger partial charge in [-0.05, 0) is 19.3 Å². The van der Waals surface area contributed by atoms with Gasteiger partial charge in [-0.3, -0.25) is 4.79 Å².